The van der Waals surface area contributed by atoms with E-state index in [9.17, 15) is 17.6 Å². The summed E-state index contributed by atoms with van der Waals surface area (Å²) in [5.74, 6) is -2.96. The van der Waals surface area contributed by atoms with Gasteiger partial charge in [0.15, 0.2) is 6.10 Å². The SMILES string of the molecule is NC1=C(OS(=O)(=O)Cc2ccccc2)C(=O)C(c2ccc(F)c(Cl)c2)O1. The summed E-state index contributed by atoms with van der Waals surface area (Å²) in [6.45, 7) is 0. The number of carbonyl (C=O) groups is 1. The Labute approximate surface area is 154 Å². The second-order valence-corrected chi connectivity index (χ2v) is 7.48. The van der Waals surface area contributed by atoms with Gasteiger partial charge in [-0.15, -0.1) is 0 Å². The normalized spacial score (nSPS) is 17.3. The van der Waals surface area contributed by atoms with E-state index in [1.165, 1.54) is 12.1 Å². The zero-order chi connectivity index (χ0) is 18.9. The molecule has 0 amide bonds. The zero-order valence-electron chi connectivity index (χ0n) is 13.2. The van der Waals surface area contributed by atoms with E-state index in [1.807, 2.05) is 0 Å². The summed E-state index contributed by atoms with van der Waals surface area (Å²) in [5, 5.41) is -0.205. The van der Waals surface area contributed by atoms with Crippen LogP contribution in [0.5, 0.6) is 0 Å². The minimum Gasteiger partial charge on any atom is -0.460 e. The molecule has 2 aromatic rings. The van der Waals surface area contributed by atoms with Gasteiger partial charge in [0.05, 0.1) is 5.02 Å². The highest BCUT2D eigenvalue weighted by Gasteiger charge is 2.39. The van der Waals surface area contributed by atoms with Gasteiger partial charge < -0.3 is 14.7 Å². The Morgan fingerprint density at radius 1 is 1.19 bits per heavy atom. The van der Waals surface area contributed by atoms with Crippen molar-refractivity contribution in [2.24, 2.45) is 5.73 Å². The molecule has 0 bridgehead atoms. The Kier molecular flexibility index (Phi) is 4.88. The molecule has 26 heavy (non-hydrogen) atoms. The lowest BCUT2D eigenvalue weighted by Crippen LogP contribution is -2.16. The van der Waals surface area contributed by atoms with Crippen LogP contribution in [0.4, 0.5) is 4.39 Å². The summed E-state index contributed by atoms with van der Waals surface area (Å²) >= 11 is 5.70. The summed E-state index contributed by atoms with van der Waals surface area (Å²) in [6.07, 6.45) is -1.25. The third kappa shape index (κ3) is 3.81. The molecular weight excluding hydrogens is 385 g/mol. The quantitative estimate of drug-likeness (QED) is 0.779. The lowest BCUT2D eigenvalue weighted by molar-refractivity contribution is -0.123. The predicted molar refractivity (Wildman–Crippen MR) is 91.6 cm³/mol. The van der Waals surface area contributed by atoms with E-state index < -0.39 is 45.2 Å². The fourth-order valence-corrected chi connectivity index (χ4v) is 3.65. The zero-order valence-corrected chi connectivity index (χ0v) is 14.8. The number of benzene rings is 2. The molecule has 136 valence electrons. The average molecular weight is 398 g/mol. The van der Waals surface area contributed by atoms with Gasteiger partial charge >= 0.3 is 10.1 Å². The first-order valence-electron chi connectivity index (χ1n) is 7.38. The Morgan fingerprint density at radius 2 is 1.88 bits per heavy atom. The van der Waals surface area contributed by atoms with Crippen LogP contribution in [-0.4, -0.2) is 14.2 Å². The summed E-state index contributed by atoms with van der Waals surface area (Å²) in [4.78, 5) is 12.5. The predicted octanol–water partition coefficient (Wildman–Crippen LogP) is 2.79. The van der Waals surface area contributed by atoms with E-state index in [0.717, 1.165) is 6.07 Å². The van der Waals surface area contributed by atoms with Crippen LogP contribution >= 0.6 is 11.6 Å². The molecule has 1 unspecified atom stereocenters. The van der Waals surface area contributed by atoms with E-state index in [4.69, 9.17) is 26.3 Å². The van der Waals surface area contributed by atoms with Crippen LogP contribution in [0.2, 0.25) is 5.02 Å². The van der Waals surface area contributed by atoms with E-state index >= 15 is 0 Å². The number of halogens is 2. The molecule has 0 saturated carbocycles. The second kappa shape index (κ2) is 6.97. The molecule has 6 nitrogen and oxygen atoms in total. The monoisotopic (exact) mass is 397 g/mol. The van der Waals surface area contributed by atoms with Crippen molar-refractivity contribution < 1.29 is 26.5 Å². The van der Waals surface area contributed by atoms with Gasteiger partial charge in [0, 0.05) is 5.56 Å². The maximum Gasteiger partial charge on any atom is 0.313 e. The fraction of sp³-hybridized carbons (Fsp3) is 0.118. The van der Waals surface area contributed by atoms with E-state index in [2.05, 4.69) is 0 Å². The topological polar surface area (TPSA) is 95.7 Å². The number of hydrogen-bond acceptors (Lipinski definition) is 6. The molecule has 0 aromatic heterocycles. The van der Waals surface area contributed by atoms with E-state index in [-0.39, 0.29) is 10.6 Å². The van der Waals surface area contributed by atoms with Crippen molar-refractivity contribution >= 4 is 27.5 Å². The van der Waals surface area contributed by atoms with Crippen LogP contribution in [0.25, 0.3) is 0 Å². The number of ketones is 1. The number of nitrogens with two attached hydrogens (primary N) is 1. The Hall–Kier alpha value is -2.58. The number of Topliss-reactive ketones (excluding diaryl/α,β-unsaturated/α-hetero) is 1. The first-order valence-corrected chi connectivity index (χ1v) is 9.34. The molecule has 0 spiro atoms. The van der Waals surface area contributed by atoms with Crippen LogP contribution < -0.4 is 5.73 Å². The molecule has 1 heterocycles. The van der Waals surface area contributed by atoms with Crippen molar-refractivity contribution in [3.63, 3.8) is 0 Å². The van der Waals surface area contributed by atoms with Gasteiger partial charge in [0.2, 0.25) is 17.4 Å². The highest BCUT2D eigenvalue weighted by molar-refractivity contribution is 7.86. The lowest BCUT2D eigenvalue weighted by Gasteiger charge is -2.10. The van der Waals surface area contributed by atoms with Crippen LogP contribution in [0, 0.1) is 5.82 Å². The first-order chi connectivity index (χ1) is 12.3. The highest BCUT2D eigenvalue weighted by Crippen LogP contribution is 2.34. The Bertz CT molecular complexity index is 991. The maximum absolute atomic E-state index is 13.3. The summed E-state index contributed by atoms with van der Waals surface area (Å²) in [5.41, 5.74) is 6.32. The number of hydrogen-bond donors (Lipinski definition) is 1. The molecule has 0 aliphatic carbocycles. The van der Waals surface area contributed by atoms with Crippen molar-refractivity contribution in [1.29, 1.82) is 0 Å². The minimum absolute atomic E-state index is 0.205. The van der Waals surface area contributed by atoms with E-state index in [1.54, 1.807) is 30.3 Å². The molecule has 9 heteroatoms. The molecule has 0 radical (unpaired) electrons. The van der Waals surface area contributed by atoms with Crippen molar-refractivity contribution in [2.45, 2.75) is 11.9 Å². The standard InChI is InChI=1S/C17H13ClFNO5S/c18-12-8-11(6-7-13(12)19)15-14(21)16(17(20)24-15)25-26(22,23)9-10-4-2-1-3-5-10/h1-8,15H,9,20H2. The van der Waals surface area contributed by atoms with Gasteiger partial charge in [-0.25, -0.2) is 4.39 Å². The molecule has 2 aromatic carbocycles. The largest absolute Gasteiger partial charge is 0.460 e. The third-order valence-electron chi connectivity index (χ3n) is 3.57. The molecule has 2 N–H and O–H groups in total. The van der Waals surface area contributed by atoms with Crippen molar-refractivity contribution in [2.75, 3.05) is 0 Å². The molecule has 1 aliphatic rings. The smallest absolute Gasteiger partial charge is 0.313 e. The first kappa shape index (κ1) is 18.2. The van der Waals surface area contributed by atoms with Crippen LogP contribution in [-0.2, 0) is 29.6 Å². The third-order valence-corrected chi connectivity index (χ3v) is 4.97. The van der Waals surface area contributed by atoms with Gasteiger partial charge in [0.1, 0.15) is 11.6 Å². The molecule has 1 aliphatic heterocycles. The summed E-state index contributed by atoms with van der Waals surface area (Å²) < 4.78 is 47.7. The van der Waals surface area contributed by atoms with Crippen LogP contribution in [0.1, 0.15) is 17.2 Å². The molecule has 3 rings (SSSR count). The summed E-state index contributed by atoms with van der Waals surface area (Å²) in [6, 6.07) is 11.9. The minimum atomic E-state index is -4.13. The lowest BCUT2D eigenvalue weighted by atomic mass is 10.1. The van der Waals surface area contributed by atoms with Crippen LogP contribution in [0.3, 0.4) is 0 Å². The number of ether oxygens (including phenoxy) is 1. The number of rotatable bonds is 5. The van der Waals surface area contributed by atoms with Crippen LogP contribution in [0.15, 0.2) is 60.2 Å². The van der Waals surface area contributed by atoms with Gasteiger partial charge in [0.25, 0.3) is 0 Å². The van der Waals surface area contributed by atoms with Gasteiger partial charge in [-0.05, 0) is 17.7 Å². The van der Waals surface area contributed by atoms with Crippen molar-refractivity contribution in [3.8, 4) is 0 Å². The second-order valence-electron chi connectivity index (χ2n) is 5.50. The molecule has 0 fully saturated rings. The maximum atomic E-state index is 13.3. The van der Waals surface area contributed by atoms with Gasteiger partial charge in [-0.2, -0.15) is 8.42 Å². The average Bonchev–Trinajstić information content (AvgIpc) is 2.85. The fourth-order valence-electron chi connectivity index (χ4n) is 2.39. The molecule has 1 atom stereocenters. The number of carbonyl (C=O) groups excluding carboxylic acids is 1. The van der Waals surface area contributed by atoms with Crippen molar-refractivity contribution in [1.82, 2.24) is 0 Å². The van der Waals surface area contributed by atoms with Gasteiger partial charge in [-0.1, -0.05) is 48.0 Å². The van der Waals surface area contributed by atoms with E-state index in [0.29, 0.717) is 5.56 Å². The Balaban J connectivity index is 1.79. The molecular formula is C17H13ClFNO5S. The summed E-state index contributed by atoms with van der Waals surface area (Å²) in [7, 11) is -4.13. The molecule has 0 saturated heterocycles. The van der Waals surface area contributed by atoms with Gasteiger partial charge in [-0.3, -0.25) is 4.79 Å². The van der Waals surface area contributed by atoms with Crippen molar-refractivity contribution in [3.05, 3.63) is 82.1 Å². The highest BCUT2D eigenvalue weighted by atomic mass is 35.5. The Morgan fingerprint density at radius 3 is 2.54 bits per heavy atom.